The number of nitrogens with zero attached hydrogens (tertiary/aromatic N) is 2. The van der Waals surface area contributed by atoms with Gasteiger partial charge in [-0.3, -0.25) is 4.79 Å². The van der Waals surface area contributed by atoms with E-state index in [4.69, 9.17) is 7.98 Å². The van der Waals surface area contributed by atoms with E-state index in [2.05, 4.69) is 4.98 Å². The molecule has 0 aliphatic carbocycles. The zero-order valence-electron chi connectivity index (χ0n) is 8.30. The maximum Gasteiger partial charge on any atom is 0.248 e. The number of rotatable bonds is 2. The predicted molar refractivity (Wildman–Crippen MR) is 63.6 cm³/mol. The quantitative estimate of drug-likeness (QED) is 0.432. The second-order valence-electron chi connectivity index (χ2n) is 3.02. The number of thioether (sulfide) groups is 1. The molecule has 2 aromatic rings. The zero-order valence-corrected chi connectivity index (χ0v) is 9.12. The van der Waals surface area contributed by atoms with Crippen LogP contribution >= 0.6 is 11.8 Å². The van der Waals surface area contributed by atoms with Crippen LogP contribution in [0.3, 0.4) is 0 Å². The molecule has 0 amide bonds. The SMILES string of the molecule is [B]n1c(SCC)nc2ccccc2c1=O. The number of benzene rings is 1. The summed E-state index contributed by atoms with van der Waals surface area (Å²) in [6.45, 7) is 1.99. The van der Waals surface area contributed by atoms with Gasteiger partial charge in [0.25, 0.3) is 0 Å². The van der Waals surface area contributed by atoms with Gasteiger partial charge >= 0.3 is 0 Å². The molecular formula is C10H9BN2OS. The maximum atomic E-state index is 11.8. The molecule has 2 radical (unpaired) electrons. The fourth-order valence-corrected chi connectivity index (χ4v) is 2.00. The van der Waals surface area contributed by atoms with Crippen molar-refractivity contribution in [2.75, 3.05) is 5.75 Å². The first-order valence-electron chi connectivity index (χ1n) is 4.63. The first-order chi connectivity index (χ1) is 7.24. The smallest absolute Gasteiger partial charge is 0.248 e. The minimum atomic E-state index is -0.198. The number of fused-ring (bicyclic) bond motifs is 1. The molecule has 0 saturated heterocycles. The molecule has 0 aliphatic heterocycles. The second kappa shape index (κ2) is 4.10. The van der Waals surface area contributed by atoms with Crippen molar-refractivity contribution in [2.45, 2.75) is 12.1 Å². The molecule has 1 aromatic carbocycles. The molecule has 2 rings (SSSR count). The molecule has 0 unspecified atom stereocenters. The van der Waals surface area contributed by atoms with Crippen molar-refractivity contribution >= 4 is 30.6 Å². The summed E-state index contributed by atoms with van der Waals surface area (Å²) in [7, 11) is 5.66. The van der Waals surface area contributed by atoms with E-state index in [0.717, 1.165) is 10.2 Å². The Kier molecular flexibility index (Phi) is 2.82. The third-order valence-electron chi connectivity index (χ3n) is 2.05. The van der Waals surface area contributed by atoms with E-state index in [9.17, 15) is 4.79 Å². The van der Waals surface area contributed by atoms with Crippen molar-refractivity contribution in [3.05, 3.63) is 34.6 Å². The summed E-state index contributed by atoms with van der Waals surface area (Å²) in [5, 5.41) is 1.11. The summed E-state index contributed by atoms with van der Waals surface area (Å²) in [4.78, 5) is 16.1. The van der Waals surface area contributed by atoms with E-state index in [1.165, 1.54) is 11.8 Å². The van der Waals surface area contributed by atoms with Gasteiger partial charge in [0.15, 0.2) is 5.16 Å². The zero-order chi connectivity index (χ0) is 10.8. The lowest BCUT2D eigenvalue weighted by atomic mass is 10.2. The van der Waals surface area contributed by atoms with Crippen molar-refractivity contribution < 1.29 is 0 Å². The molecule has 5 heteroatoms. The van der Waals surface area contributed by atoms with Crippen LogP contribution in [0.15, 0.2) is 34.2 Å². The summed E-state index contributed by atoms with van der Waals surface area (Å²) in [6.07, 6.45) is 0. The Hall–Kier alpha value is -1.23. The van der Waals surface area contributed by atoms with Crippen LogP contribution in [0.4, 0.5) is 0 Å². The Morgan fingerprint density at radius 2 is 2.20 bits per heavy atom. The first kappa shape index (κ1) is 10.3. The first-order valence-corrected chi connectivity index (χ1v) is 5.62. The average Bonchev–Trinajstić information content (AvgIpc) is 2.26. The standard InChI is InChI=1S/C10H9BN2OS/c1-2-15-10-12-8-6-4-3-5-7(8)9(14)13(10)11/h3-6H,2H2,1H3. The molecule has 15 heavy (non-hydrogen) atoms. The van der Waals surface area contributed by atoms with Gasteiger partial charge in [0.05, 0.1) is 10.9 Å². The second-order valence-corrected chi connectivity index (χ2v) is 4.25. The van der Waals surface area contributed by atoms with Crippen LogP contribution in [0.25, 0.3) is 10.9 Å². The molecule has 0 fully saturated rings. The fraction of sp³-hybridized carbons (Fsp3) is 0.200. The normalized spacial score (nSPS) is 10.7. The van der Waals surface area contributed by atoms with E-state index >= 15 is 0 Å². The van der Waals surface area contributed by atoms with Gasteiger partial charge in [0.1, 0.15) is 0 Å². The van der Waals surface area contributed by atoms with Gasteiger partial charge in [-0.2, -0.15) is 0 Å². The van der Waals surface area contributed by atoms with Crippen LogP contribution in [0.5, 0.6) is 0 Å². The third kappa shape index (κ3) is 1.79. The molecule has 74 valence electrons. The predicted octanol–water partition coefficient (Wildman–Crippen LogP) is 1.44. The summed E-state index contributed by atoms with van der Waals surface area (Å²) >= 11 is 1.46. The summed E-state index contributed by atoms with van der Waals surface area (Å²) in [5.41, 5.74) is 0.497. The van der Waals surface area contributed by atoms with Gasteiger partial charge in [-0.15, -0.1) is 0 Å². The van der Waals surface area contributed by atoms with Gasteiger partial charge in [0, 0.05) is 0 Å². The van der Waals surface area contributed by atoms with Gasteiger partial charge in [-0.05, 0) is 17.9 Å². The molecular weight excluding hydrogens is 207 g/mol. The molecule has 3 nitrogen and oxygen atoms in total. The molecule has 0 aliphatic rings. The average molecular weight is 216 g/mol. The Labute approximate surface area is 93.0 Å². The molecule has 1 aromatic heterocycles. The lowest BCUT2D eigenvalue weighted by molar-refractivity contribution is 0.903. The van der Waals surface area contributed by atoms with E-state index in [-0.39, 0.29) is 5.56 Å². The fourth-order valence-electron chi connectivity index (χ4n) is 1.36. The topological polar surface area (TPSA) is 34.9 Å². The van der Waals surface area contributed by atoms with Crippen LogP contribution in [0, 0.1) is 0 Å². The molecule has 0 atom stereocenters. The highest BCUT2D eigenvalue weighted by Crippen LogP contribution is 2.15. The highest BCUT2D eigenvalue weighted by molar-refractivity contribution is 7.99. The van der Waals surface area contributed by atoms with E-state index < -0.39 is 0 Å². The molecule has 0 spiro atoms. The van der Waals surface area contributed by atoms with Crippen molar-refractivity contribution in [1.29, 1.82) is 0 Å². The van der Waals surface area contributed by atoms with Gasteiger partial charge in [-0.1, -0.05) is 30.8 Å². The number of aromatic nitrogens is 2. The number of para-hydroxylation sites is 1. The lowest BCUT2D eigenvalue weighted by Gasteiger charge is -2.07. The minimum absolute atomic E-state index is 0.198. The Morgan fingerprint density at radius 3 is 2.93 bits per heavy atom. The minimum Gasteiger partial charge on any atom is -0.345 e. The summed E-state index contributed by atoms with van der Waals surface area (Å²) in [5.74, 6) is 0.835. The Balaban J connectivity index is 2.77. The van der Waals surface area contributed by atoms with E-state index in [1.54, 1.807) is 12.1 Å². The molecule has 0 saturated carbocycles. The Morgan fingerprint density at radius 1 is 1.47 bits per heavy atom. The van der Waals surface area contributed by atoms with Crippen molar-refractivity contribution in [2.24, 2.45) is 0 Å². The monoisotopic (exact) mass is 216 g/mol. The Bertz CT molecular complexity index is 553. The third-order valence-corrected chi connectivity index (χ3v) is 2.88. The summed E-state index contributed by atoms with van der Waals surface area (Å²) in [6, 6.07) is 7.21. The number of hydrogen-bond acceptors (Lipinski definition) is 3. The summed E-state index contributed by atoms with van der Waals surface area (Å²) < 4.78 is 1.11. The highest BCUT2D eigenvalue weighted by atomic mass is 32.2. The van der Waals surface area contributed by atoms with Crippen molar-refractivity contribution in [3.8, 4) is 0 Å². The van der Waals surface area contributed by atoms with Crippen LogP contribution in [0.1, 0.15) is 6.92 Å². The largest absolute Gasteiger partial charge is 0.345 e. The van der Waals surface area contributed by atoms with Gasteiger partial charge in [-0.25, -0.2) is 4.98 Å². The van der Waals surface area contributed by atoms with Crippen LogP contribution in [0.2, 0.25) is 0 Å². The van der Waals surface area contributed by atoms with Crippen LogP contribution in [-0.2, 0) is 0 Å². The van der Waals surface area contributed by atoms with E-state index in [0.29, 0.717) is 16.1 Å². The lowest BCUT2D eigenvalue weighted by Crippen LogP contribution is -2.21. The maximum absolute atomic E-state index is 11.8. The van der Waals surface area contributed by atoms with Crippen LogP contribution in [-0.4, -0.2) is 23.2 Å². The van der Waals surface area contributed by atoms with Gasteiger partial charge < -0.3 is 4.48 Å². The van der Waals surface area contributed by atoms with Crippen molar-refractivity contribution in [3.63, 3.8) is 0 Å². The van der Waals surface area contributed by atoms with Crippen LogP contribution < -0.4 is 5.56 Å². The van der Waals surface area contributed by atoms with E-state index in [1.807, 2.05) is 19.1 Å². The molecule has 0 bridgehead atoms. The van der Waals surface area contributed by atoms with Crippen molar-refractivity contribution in [1.82, 2.24) is 9.46 Å². The van der Waals surface area contributed by atoms with Gasteiger partial charge in [0.2, 0.25) is 13.5 Å². The number of hydrogen-bond donors (Lipinski definition) is 0. The highest BCUT2D eigenvalue weighted by Gasteiger charge is 2.06. The molecule has 1 heterocycles. The molecule has 0 N–H and O–H groups in total.